The molecule has 24 heavy (non-hydrogen) atoms. The van der Waals surface area contributed by atoms with Gasteiger partial charge in [-0.25, -0.2) is 4.98 Å². The van der Waals surface area contributed by atoms with E-state index in [1.165, 1.54) is 0 Å². The quantitative estimate of drug-likeness (QED) is 0.637. The molecular formula is C17H23N5O2. The lowest BCUT2D eigenvalue weighted by atomic mass is 10.2. The van der Waals surface area contributed by atoms with Gasteiger partial charge in [-0.3, -0.25) is 4.98 Å². The molecule has 7 nitrogen and oxygen atoms in total. The maximum Gasteiger partial charge on any atom is 0.225 e. The van der Waals surface area contributed by atoms with Gasteiger partial charge in [-0.2, -0.15) is 4.98 Å². The van der Waals surface area contributed by atoms with E-state index < -0.39 is 0 Å². The molecule has 3 heterocycles. The first-order valence-electron chi connectivity index (χ1n) is 8.35. The Hall–Kier alpha value is -2.25. The molecule has 2 aromatic heterocycles. The van der Waals surface area contributed by atoms with Gasteiger partial charge in [0.2, 0.25) is 5.95 Å². The van der Waals surface area contributed by atoms with Crippen molar-refractivity contribution in [2.24, 2.45) is 0 Å². The van der Waals surface area contributed by atoms with Crippen LogP contribution < -0.4 is 10.6 Å². The first kappa shape index (κ1) is 16.6. The van der Waals surface area contributed by atoms with Gasteiger partial charge in [0.1, 0.15) is 5.82 Å². The van der Waals surface area contributed by atoms with Crippen LogP contribution in [0.2, 0.25) is 0 Å². The number of ether oxygens (including phenoxy) is 1. The third-order valence-electron chi connectivity index (χ3n) is 3.86. The van der Waals surface area contributed by atoms with Gasteiger partial charge in [0.05, 0.1) is 11.8 Å². The zero-order valence-corrected chi connectivity index (χ0v) is 13.6. The van der Waals surface area contributed by atoms with Gasteiger partial charge in [-0.1, -0.05) is 0 Å². The molecule has 0 aliphatic carbocycles. The van der Waals surface area contributed by atoms with Crippen molar-refractivity contribution in [3.63, 3.8) is 0 Å². The largest absolute Gasteiger partial charge is 0.396 e. The molecule has 3 rings (SSSR count). The average Bonchev–Trinajstić information content (AvgIpc) is 3.14. The minimum atomic E-state index is 0.140. The number of anilines is 2. The molecule has 0 bridgehead atoms. The summed E-state index contributed by atoms with van der Waals surface area (Å²) in [4.78, 5) is 13.1. The van der Waals surface area contributed by atoms with E-state index in [1.807, 2.05) is 18.2 Å². The first-order chi connectivity index (χ1) is 11.8. The van der Waals surface area contributed by atoms with Crippen molar-refractivity contribution < 1.29 is 9.84 Å². The predicted molar refractivity (Wildman–Crippen MR) is 92.9 cm³/mol. The lowest BCUT2D eigenvalue weighted by Gasteiger charge is -2.14. The number of aromatic nitrogens is 3. The Labute approximate surface area is 141 Å². The molecule has 2 aromatic rings. The van der Waals surface area contributed by atoms with E-state index in [2.05, 4.69) is 25.6 Å². The Kier molecular flexibility index (Phi) is 5.92. The molecule has 1 aliphatic rings. The fourth-order valence-electron chi connectivity index (χ4n) is 2.59. The van der Waals surface area contributed by atoms with Crippen LogP contribution in [0.1, 0.15) is 19.3 Å². The second kappa shape index (κ2) is 8.56. The number of aliphatic hydroxyl groups excluding tert-OH is 1. The molecule has 1 aliphatic heterocycles. The number of hydrogen-bond acceptors (Lipinski definition) is 7. The normalized spacial score (nSPS) is 17.0. The Morgan fingerprint density at radius 1 is 1.21 bits per heavy atom. The highest BCUT2D eigenvalue weighted by atomic mass is 16.5. The molecular weight excluding hydrogens is 306 g/mol. The average molecular weight is 329 g/mol. The summed E-state index contributed by atoms with van der Waals surface area (Å²) in [5, 5.41) is 15.4. The maximum absolute atomic E-state index is 8.92. The zero-order valence-electron chi connectivity index (χ0n) is 13.6. The van der Waals surface area contributed by atoms with E-state index in [4.69, 9.17) is 9.84 Å². The van der Waals surface area contributed by atoms with Crippen LogP contribution >= 0.6 is 0 Å². The number of rotatable bonds is 8. The fourth-order valence-corrected chi connectivity index (χ4v) is 2.59. The summed E-state index contributed by atoms with van der Waals surface area (Å²) >= 11 is 0. The highest BCUT2D eigenvalue weighted by Gasteiger charge is 2.15. The highest BCUT2D eigenvalue weighted by Crippen LogP contribution is 2.21. The Morgan fingerprint density at radius 3 is 2.83 bits per heavy atom. The van der Waals surface area contributed by atoms with Gasteiger partial charge >= 0.3 is 0 Å². The van der Waals surface area contributed by atoms with Crippen LogP contribution in [0.5, 0.6) is 0 Å². The molecule has 1 saturated heterocycles. The molecule has 128 valence electrons. The van der Waals surface area contributed by atoms with E-state index in [1.54, 1.807) is 12.4 Å². The fraction of sp³-hybridized carbons (Fsp3) is 0.471. The molecule has 0 amide bonds. The summed E-state index contributed by atoms with van der Waals surface area (Å²) in [6.45, 7) is 2.35. The minimum Gasteiger partial charge on any atom is -0.396 e. The first-order valence-corrected chi connectivity index (χ1v) is 8.35. The van der Waals surface area contributed by atoms with Crippen molar-refractivity contribution in [2.45, 2.75) is 25.4 Å². The van der Waals surface area contributed by atoms with Crippen molar-refractivity contribution in [3.05, 3.63) is 30.6 Å². The summed E-state index contributed by atoms with van der Waals surface area (Å²) < 4.78 is 5.64. The molecule has 3 N–H and O–H groups in total. The molecule has 0 saturated carbocycles. The molecule has 1 fully saturated rings. The zero-order chi connectivity index (χ0) is 16.6. The summed E-state index contributed by atoms with van der Waals surface area (Å²) in [6.07, 6.45) is 6.59. The van der Waals surface area contributed by atoms with Gasteiger partial charge < -0.3 is 20.5 Å². The van der Waals surface area contributed by atoms with Crippen LogP contribution in [0.3, 0.4) is 0 Å². The van der Waals surface area contributed by atoms with E-state index >= 15 is 0 Å². The molecule has 7 heteroatoms. The molecule has 0 spiro atoms. The van der Waals surface area contributed by atoms with Crippen molar-refractivity contribution in [3.8, 4) is 11.3 Å². The van der Waals surface area contributed by atoms with Crippen LogP contribution in [0, 0.1) is 0 Å². The third kappa shape index (κ3) is 4.62. The van der Waals surface area contributed by atoms with Crippen molar-refractivity contribution >= 4 is 11.8 Å². The maximum atomic E-state index is 8.92. The number of nitrogens with zero attached hydrogens (tertiary/aromatic N) is 3. The van der Waals surface area contributed by atoms with Crippen LogP contribution in [0.15, 0.2) is 30.6 Å². The van der Waals surface area contributed by atoms with Gasteiger partial charge in [-0.15, -0.1) is 0 Å². The van der Waals surface area contributed by atoms with Crippen molar-refractivity contribution in [1.82, 2.24) is 15.0 Å². The second-order valence-electron chi connectivity index (χ2n) is 5.72. The monoisotopic (exact) mass is 329 g/mol. The number of hydrogen-bond donors (Lipinski definition) is 3. The van der Waals surface area contributed by atoms with Gasteiger partial charge in [-0.05, 0) is 31.4 Å². The minimum absolute atomic E-state index is 0.140. The van der Waals surface area contributed by atoms with Crippen LogP contribution in [-0.4, -0.2) is 52.5 Å². The lowest BCUT2D eigenvalue weighted by molar-refractivity contribution is 0.120. The van der Waals surface area contributed by atoms with Crippen LogP contribution in [0.25, 0.3) is 11.3 Å². The summed E-state index contributed by atoms with van der Waals surface area (Å²) in [6, 6.07) is 5.77. The highest BCUT2D eigenvalue weighted by molar-refractivity contribution is 5.63. The predicted octanol–water partition coefficient (Wildman–Crippen LogP) is 1.92. The van der Waals surface area contributed by atoms with Gasteiger partial charge in [0, 0.05) is 50.3 Å². The lowest BCUT2D eigenvalue weighted by Crippen LogP contribution is -2.19. The Balaban J connectivity index is 1.76. The molecule has 0 aromatic carbocycles. The van der Waals surface area contributed by atoms with Gasteiger partial charge in [0.15, 0.2) is 0 Å². The van der Waals surface area contributed by atoms with E-state index in [-0.39, 0.29) is 12.7 Å². The Bertz CT molecular complexity index is 632. The summed E-state index contributed by atoms with van der Waals surface area (Å²) in [5.41, 5.74) is 1.81. The van der Waals surface area contributed by atoms with E-state index in [0.29, 0.717) is 18.9 Å². The summed E-state index contributed by atoms with van der Waals surface area (Å²) in [5.74, 6) is 1.31. The smallest absolute Gasteiger partial charge is 0.225 e. The Morgan fingerprint density at radius 2 is 2.08 bits per heavy atom. The number of aliphatic hydroxyl groups is 1. The molecule has 1 atom stereocenters. The van der Waals surface area contributed by atoms with Gasteiger partial charge in [0.25, 0.3) is 0 Å². The molecule has 0 radical (unpaired) electrons. The number of nitrogens with one attached hydrogen (secondary N) is 2. The SMILES string of the molecule is OCCCNc1nc(NC[C@@H]2CCCO2)cc(-c2ccncc2)n1. The van der Waals surface area contributed by atoms with Crippen LogP contribution in [-0.2, 0) is 4.74 Å². The standard InChI is InChI=1S/C17H23N5O2/c23-9-2-6-19-17-21-15(13-4-7-18-8-5-13)11-16(22-17)20-12-14-3-1-10-24-14/h4-5,7-8,11,14,23H,1-3,6,9-10,12H2,(H2,19,20,21,22)/t14-/m0/s1. The van der Waals surface area contributed by atoms with Crippen molar-refractivity contribution in [1.29, 1.82) is 0 Å². The van der Waals surface area contributed by atoms with Crippen molar-refractivity contribution in [2.75, 3.05) is 36.9 Å². The topological polar surface area (TPSA) is 92.2 Å². The molecule has 0 unspecified atom stereocenters. The van der Waals surface area contributed by atoms with E-state index in [9.17, 15) is 0 Å². The van der Waals surface area contributed by atoms with E-state index in [0.717, 1.165) is 43.1 Å². The third-order valence-corrected chi connectivity index (χ3v) is 3.86. The second-order valence-corrected chi connectivity index (χ2v) is 5.72. The van der Waals surface area contributed by atoms with Crippen LogP contribution in [0.4, 0.5) is 11.8 Å². The summed E-state index contributed by atoms with van der Waals surface area (Å²) in [7, 11) is 0. The number of pyridine rings is 1.